The van der Waals surface area contributed by atoms with Crippen LogP contribution in [0.4, 0.5) is 5.95 Å². The van der Waals surface area contributed by atoms with E-state index in [2.05, 4.69) is 90.1 Å². The van der Waals surface area contributed by atoms with Gasteiger partial charge in [-0.05, 0) is 101 Å². The molecule has 2 heterocycles. The SMILES string of the molecule is CCN(C)c1nc2ccc(-c3cc4c5c(c3)CCc3cc(-c6cnc(C(C)C)[nH]6)cc(c3-5)CC4)cc2[nH]1. The number of benzene rings is 3. The maximum absolute atomic E-state index is 4.76. The second-order valence-electron chi connectivity index (χ2n) is 11.0. The van der Waals surface area contributed by atoms with Crippen LogP contribution in [-0.2, 0) is 25.7 Å². The van der Waals surface area contributed by atoms with Crippen LogP contribution in [0.2, 0.25) is 0 Å². The molecule has 186 valence electrons. The summed E-state index contributed by atoms with van der Waals surface area (Å²) in [5.74, 6) is 2.39. The lowest BCUT2D eigenvalue weighted by Gasteiger charge is -2.30. The van der Waals surface area contributed by atoms with Gasteiger partial charge in [0.2, 0.25) is 5.95 Å². The Kier molecular flexibility index (Phi) is 5.04. The van der Waals surface area contributed by atoms with Crippen LogP contribution in [0.3, 0.4) is 0 Å². The largest absolute Gasteiger partial charge is 0.346 e. The van der Waals surface area contributed by atoms with Crippen LogP contribution in [0.25, 0.3) is 44.5 Å². The maximum Gasteiger partial charge on any atom is 0.203 e. The summed E-state index contributed by atoms with van der Waals surface area (Å²) in [5.41, 5.74) is 16.1. The lowest BCUT2D eigenvalue weighted by atomic mass is 9.74. The van der Waals surface area contributed by atoms with E-state index in [4.69, 9.17) is 4.98 Å². The number of nitrogens with zero attached hydrogens (tertiary/aromatic N) is 3. The van der Waals surface area contributed by atoms with Gasteiger partial charge in [-0.2, -0.15) is 0 Å². The second kappa shape index (κ2) is 8.34. The number of rotatable bonds is 5. The molecule has 3 aromatic carbocycles. The first kappa shape index (κ1) is 22.3. The van der Waals surface area contributed by atoms with Crippen molar-refractivity contribution >= 4 is 17.0 Å². The number of imidazole rings is 2. The number of fused-ring (bicyclic) bond motifs is 1. The Bertz CT molecular complexity index is 1620. The molecule has 5 aromatic rings. The van der Waals surface area contributed by atoms with E-state index in [-0.39, 0.29) is 0 Å². The Balaban J connectivity index is 1.29. The van der Waals surface area contributed by atoms with E-state index in [1.807, 2.05) is 6.20 Å². The minimum absolute atomic E-state index is 0.405. The number of nitrogens with one attached hydrogen (secondary N) is 2. The average Bonchev–Trinajstić information content (AvgIpc) is 3.58. The molecule has 0 atom stereocenters. The Morgan fingerprint density at radius 2 is 1.43 bits per heavy atom. The normalized spacial score (nSPS) is 13.9. The van der Waals surface area contributed by atoms with Gasteiger partial charge in [0.15, 0.2) is 0 Å². The average molecular weight is 488 g/mol. The van der Waals surface area contributed by atoms with Crippen molar-refractivity contribution < 1.29 is 0 Å². The van der Waals surface area contributed by atoms with Gasteiger partial charge in [-0.25, -0.2) is 9.97 Å². The highest BCUT2D eigenvalue weighted by Gasteiger charge is 2.27. The zero-order valence-corrected chi connectivity index (χ0v) is 22.1. The lowest BCUT2D eigenvalue weighted by molar-refractivity contribution is 0.795. The molecular weight excluding hydrogens is 454 g/mol. The van der Waals surface area contributed by atoms with Gasteiger partial charge in [-0.1, -0.05) is 32.0 Å². The molecule has 5 nitrogen and oxygen atoms in total. The third-order valence-corrected chi connectivity index (χ3v) is 8.27. The Labute approximate surface area is 218 Å². The van der Waals surface area contributed by atoms with Crippen molar-refractivity contribution in [3.8, 4) is 33.5 Å². The van der Waals surface area contributed by atoms with Gasteiger partial charge in [0.05, 0.1) is 22.9 Å². The Morgan fingerprint density at radius 1 is 0.811 bits per heavy atom. The fraction of sp³-hybridized carbons (Fsp3) is 0.312. The second-order valence-corrected chi connectivity index (χ2v) is 11.0. The number of hydrogen-bond acceptors (Lipinski definition) is 3. The summed E-state index contributed by atoms with van der Waals surface area (Å²) in [6, 6.07) is 16.3. The van der Waals surface area contributed by atoms with Gasteiger partial charge in [0.1, 0.15) is 5.82 Å². The molecule has 0 saturated heterocycles. The summed E-state index contributed by atoms with van der Waals surface area (Å²) in [6.45, 7) is 7.43. The number of H-pyrrole nitrogens is 2. The van der Waals surface area contributed by atoms with Crippen LogP contribution < -0.4 is 4.90 Å². The van der Waals surface area contributed by atoms with Gasteiger partial charge in [0, 0.05) is 25.1 Å². The van der Waals surface area contributed by atoms with Crippen molar-refractivity contribution in [1.29, 1.82) is 0 Å². The first-order chi connectivity index (χ1) is 18.0. The smallest absolute Gasteiger partial charge is 0.203 e. The number of anilines is 1. The molecule has 2 aliphatic carbocycles. The summed E-state index contributed by atoms with van der Waals surface area (Å²) < 4.78 is 0. The molecule has 5 heteroatoms. The first-order valence-electron chi connectivity index (χ1n) is 13.6. The highest BCUT2D eigenvalue weighted by Crippen LogP contribution is 2.45. The van der Waals surface area contributed by atoms with Crippen molar-refractivity contribution in [3.63, 3.8) is 0 Å². The number of hydrogen-bond donors (Lipinski definition) is 2. The molecule has 0 unspecified atom stereocenters. The van der Waals surface area contributed by atoms with E-state index in [1.165, 1.54) is 50.1 Å². The fourth-order valence-electron chi connectivity index (χ4n) is 6.11. The van der Waals surface area contributed by atoms with Crippen molar-refractivity contribution in [2.45, 2.75) is 52.4 Å². The Hall–Kier alpha value is -3.86. The number of aromatic amines is 2. The van der Waals surface area contributed by atoms with Crippen LogP contribution >= 0.6 is 0 Å². The highest BCUT2D eigenvalue weighted by atomic mass is 15.2. The molecular formula is C32H33N5. The molecule has 0 bridgehead atoms. The first-order valence-corrected chi connectivity index (χ1v) is 13.6. The molecule has 0 amide bonds. The topological polar surface area (TPSA) is 60.6 Å². The van der Waals surface area contributed by atoms with Crippen molar-refractivity contribution in [2.24, 2.45) is 0 Å². The lowest BCUT2D eigenvalue weighted by Crippen LogP contribution is -2.16. The zero-order chi connectivity index (χ0) is 25.3. The van der Waals surface area contributed by atoms with Crippen LogP contribution in [0.5, 0.6) is 0 Å². The summed E-state index contributed by atoms with van der Waals surface area (Å²) in [4.78, 5) is 18.6. The molecule has 0 aliphatic heterocycles. The molecule has 37 heavy (non-hydrogen) atoms. The van der Waals surface area contributed by atoms with E-state index >= 15 is 0 Å². The molecule has 2 aromatic heterocycles. The highest BCUT2D eigenvalue weighted by molar-refractivity contribution is 5.88. The fourth-order valence-corrected chi connectivity index (χ4v) is 6.11. The third kappa shape index (κ3) is 3.59. The van der Waals surface area contributed by atoms with E-state index in [9.17, 15) is 0 Å². The van der Waals surface area contributed by atoms with E-state index in [0.717, 1.165) is 60.7 Å². The van der Waals surface area contributed by atoms with Crippen molar-refractivity contribution in [3.05, 3.63) is 76.7 Å². The van der Waals surface area contributed by atoms with E-state index in [1.54, 1.807) is 0 Å². The van der Waals surface area contributed by atoms with Crippen LogP contribution in [0.15, 0.2) is 48.7 Å². The molecule has 7 rings (SSSR count). The number of aryl methyl sites for hydroxylation is 4. The van der Waals surface area contributed by atoms with E-state index < -0.39 is 0 Å². The van der Waals surface area contributed by atoms with Gasteiger partial charge in [0.25, 0.3) is 0 Å². The van der Waals surface area contributed by atoms with Crippen LogP contribution in [0.1, 0.15) is 54.8 Å². The predicted octanol–water partition coefficient (Wildman–Crippen LogP) is 7.06. The summed E-state index contributed by atoms with van der Waals surface area (Å²) in [6.07, 6.45) is 6.35. The Morgan fingerprint density at radius 3 is 2.00 bits per heavy atom. The van der Waals surface area contributed by atoms with Gasteiger partial charge >= 0.3 is 0 Å². The van der Waals surface area contributed by atoms with Gasteiger partial charge < -0.3 is 14.9 Å². The van der Waals surface area contributed by atoms with Crippen LogP contribution in [0, 0.1) is 0 Å². The van der Waals surface area contributed by atoms with Gasteiger partial charge in [-0.15, -0.1) is 0 Å². The molecule has 0 saturated carbocycles. The summed E-state index contributed by atoms with van der Waals surface area (Å²) >= 11 is 0. The number of aromatic nitrogens is 4. The minimum Gasteiger partial charge on any atom is -0.346 e. The molecule has 2 N–H and O–H groups in total. The summed E-state index contributed by atoms with van der Waals surface area (Å²) in [5, 5.41) is 0. The van der Waals surface area contributed by atoms with Crippen molar-refractivity contribution in [2.75, 3.05) is 18.5 Å². The molecule has 0 radical (unpaired) electrons. The van der Waals surface area contributed by atoms with Gasteiger partial charge in [-0.3, -0.25) is 0 Å². The van der Waals surface area contributed by atoms with Crippen molar-refractivity contribution in [1.82, 2.24) is 19.9 Å². The summed E-state index contributed by atoms with van der Waals surface area (Å²) in [7, 11) is 2.07. The standard InChI is InChI=1S/C32H33N5/c1-5-37(4)32-35-26-11-10-19(16-27(26)36-32)24-12-20-6-8-22-14-25(28-17-33-31(34-28)18(2)3)15-23-9-7-21(13-24)29(20)30(22)23/h10-18H,5-9H2,1-4H3,(H,33,34)(H,35,36). The quantitative estimate of drug-likeness (QED) is 0.279. The van der Waals surface area contributed by atoms with E-state index in [0.29, 0.717) is 5.92 Å². The molecule has 0 fully saturated rings. The molecule has 0 spiro atoms. The monoisotopic (exact) mass is 487 g/mol. The molecule has 2 aliphatic rings. The predicted molar refractivity (Wildman–Crippen MR) is 152 cm³/mol. The zero-order valence-electron chi connectivity index (χ0n) is 22.1. The van der Waals surface area contributed by atoms with Crippen LogP contribution in [-0.4, -0.2) is 33.5 Å². The maximum atomic E-state index is 4.76. The minimum atomic E-state index is 0.405. The third-order valence-electron chi connectivity index (χ3n) is 8.27.